The molecule has 1 aliphatic rings. The number of rotatable bonds is 5. The number of ketones is 1. The van der Waals surface area contributed by atoms with Crippen molar-refractivity contribution < 1.29 is 4.79 Å². The molecule has 0 bridgehead atoms. The van der Waals surface area contributed by atoms with Crippen molar-refractivity contribution in [3.05, 3.63) is 12.7 Å². The Morgan fingerprint density at radius 3 is 2.93 bits per heavy atom. The Labute approximate surface area is 87.6 Å². The third-order valence-corrected chi connectivity index (χ3v) is 3.29. The first-order valence-corrected chi connectivity index (χ1v) is 5.91. The van der Waals surface area contributed by atoms with Gasteiger partial charge in [-0.1, -0.05) is 25.8 Å². The molecule has 0 heterocycles. The van der Waals surface area contributed by atoms with Crippen molar-refractivity contribution in [3.63, 3.8) is 0 Å². The van der Waals surface area contributed by atoms with Crippen molar-refractivity contribution >= 4 is 5.78 Å². The second kappa shape index (κ2) is 6.00. The Balaban J connectivity index is 2.38. The molecule has 80 valence electrons. The normalized spacial score (nSPS) is 27.6. The van der Waals surface area contributed by atoms with E-state index in [4.69, 9.17) is 0 Å². The Hall–Kier alpha value is -0.590. The first-order chi connectivity index (χ1) is 6.77. The molecular weight excluding hydrogens is 172 g/mol. The Kier molecular flexibility index (Phi) is 4.92. The summed E-state index contributed by atoms with van der Waals surface area (Å²) in [6.07, 6.45) is 9.61. The molecule has 0 aromatic heterocycles. The highest BCUT2D eigenvalue weighted by Gasteiger charge is 2.27. The van der Waals surface area contributed by atoms with Crippen LogP contribution in [0.5, 0.6) is 0 Å². The van der Waals surface area contributed by atoms with Gasteiger partial charge in [0.1, 0.15) is 5.78 Å². The average molecular weight is 194 g/mol. The van der Waals surface area contributed by atoms with Crippen molar-refractivity contribution in [2.45, 2.75) is 51.9 Å². The third-order valence-electron chi connectivity index (χ3n) is 3.29. The molecule has 0 spiro atoms. The number of Topliss-reactive ketones (excluding diaryl/α,β-unsaturated/α-hetero) is 1. The maximum absolute atomic E-state index is 11.6. The van der Waals surface area contributed by atoms with Crippen LogP contribution in [0.15, 0.2) is 12.7 Å². The summed E-state index contributed by atoms with van der Waals surface area (Å²) in [6.45, 7) is 5.95. The Bertz CT molecular complexity index is 195. The number of hydrogen-bond donors (Lipinski definition) is 0. The number of hydrogen-bond acceptors (Lipinski definition) is 1. The summed E-state index contributed by atoms with van der Waals surface area (Å²) >= 11 is 0. The quantitative estimate of drug-likeness (QED) is 0.609. The van der Waals surface area contributed by atoms with Crippen LogP contribution in [0.3, 0.4) is 0 Å². The molecule has 1 nitrogen and oxygen atoms in total. The molecule has 2 unspecified atom stereocenters. The number of allylic oxidation sites excluding steroid dienone is 1. The Morgan fingerprint density at radius 2 is 2.29 bits per heavy atom. The van der Waals surface area contributed by atoms with Gasteiger partial charge in [0.25, 0.3) is 0 Å². The second-order valence-corrected chi connectivity index (χ2v) is 4.46. The monoisotopic (exact) mass is 194 g/mol. The molecule has 0 radical (unpaired) electrons. The first-order valence-electron chi connectivity index (χ1n) is 5.91. The zero-order valence-corrected chi connectivity index (χ0v) is 9.30. The molecule has 1 saturated carbocycles. The lowest BCUT2D eigenvalue weighted by molar-refractivity contribution is -0.125. The molecule has 0 N–H and O–H groups in total. The average Bonchev–Trinajstić information content (AvgIpc) is 2.19. The summed E-state index contributed by atoms with van der Waals surface area (Å²) in [4.78, 5) is 11.6. The van der Waals surface area contributed by atoms with Crippen LogP contribution < -0.4 is 0 Å². The highest BCUT2D eigenvalue weighted by atomic mass is 16.1. The van der Waals surface area contributed by atoms with Gasteiger partial charge in [0, 0.05) is 12.3 Å². The van der Waals surface area contributed by atoms with Crippen molar-refractivity contribution in [1.29, 1.82) is 0 Å². The molecule has 0 aromatic carbocycles. The smallest absolute Gasteiger partial charge is 0.136 e. The van der Waals surface area contributed by atoms with E-state index in [2.05, 4.69) is 13.5 Å². The minimum atomic E-state index is 0.346. The van der Waals surface area contributed by atoms with Gasteiger partial charge in [0.05, 0.1) is 0 Å². The van der Waals surface area contributed by atoms with Crippen LogP contribution in [0.2, 0.25) is 0 Å². The molecule has 0 saturated heterocycles. The van der Waals surface area contributed by atoms with E-state index in [-0.39, 0.29) is 0 Å². The van der Waals surface area contributed by atoms with Crippen LogP contribution >= 0.6 is 0 Å². The van der Waals surface area contributed by atoms with Crippen molar-refractivity contribution in [2.24, 2.45) is 11.8 Å². The molecule has 2 atom stereocenters. The summed E-state index contributed by atoms with van der Waals surface area (Å²) in [7, 11) is 0. The standard InChI is InChI=1S/C13H22O/c1-3-5-7-12-10-11(6-4-2)8-9-13(12)14/h3,11-12H,1,4-10H2,2H3. The van der Waals surface area contributed by atoms with Gasteiger partial charge in [-0.25, -0.2) is 0 Å². The second-order valence-electron chi connectivity index (χ2n) is 4.46. The van der Waals surface area contributed by atoms with Gasteiger partial charge in [-0.3, -0.25) is 4.79 Å². The van der Waals surface area contributed by atoms with E-state index in [0.717, 1.165) is 38.0 Å². The highest BCUT2D eigenvalue weighted by molar-refractivity contribution is 5.81. The summed E-state index contributed by atoms with van der Waals surface area (Å²) in [6, 6.07) is 0. The topological polar surface area (TPSA) is 17.1 Å². The van der Waals surface area contributed by atoms with E-state index in [1.807, 2.05) is 6.08 Å². The minimum Gasteiger partial charge on any atom is -0.299 e. The number of carbonyl (C=O) groups is 1. The van der Waals surface area contributed by atoms with Gasteiger partial charge in [0.2, 0.25) is 0 Å². The first kappa shape index (κ1) is 11.5. The van der Waals surface area contributed by atoms with Crippen molar-refractivity contribution in [3.8, 4) is 0 Å². The maximum Gasteiger partial charge on any atom is 0.136 e. The lowest BCUT2D eigenvalue weighted by Gasteiger charge is -2.27. The third kappa shape index (κ3) is 3.28. The van der Waals surface area contributed by atoms with Crippen LogP contribution in [-0.4, -0.2) is 5.78 Å². The van der Waals surface area contributed by atoms with E-state index in [0.29, 0.717) is 11.7 Å². The van der Waals surface area contributed by atoms with Crippen LogP contribution in [0.1, 0.15) is 51.9 Å². The fourth-order valence-corrected chi connectivity index (χ4v) is 2.47. The van der Waals surface area contributed by atoms with E-state index >= 15 is 0 Å². The maximum atomic E-state index is 11.6. The van der Waals surface area contributed by atoms with E-state index < -0.39 is 0 Å². The van der Waals surface area contributed by atoms with Crippen LogP contribution in [-0.2, 0) is 4.79 Å². The summed E-state index contributed by atoms with van der Waals surface area (Å²) in [5.41, 5.74) is 0. The van der Waals surface area contributed by atoms with Crippen molar-refractivity contribution in [1.82, 2.24) is 0 Å². The lowest BCUT2D eigenvalue weighted by atomic mass is 9.77. The molecule has 1 aliphatic carbocycles. The zero-order chi connectivity index (χ0) is 10.4. The highest BCUT2D eigenvalue weighted by Crippen LogP contribution is 2.32. The molecule has 1 fully saturated rings. The van der Waals surface area contributed by atoms with Gasteiger partial charge in [-0.15, -0.1) is 6.58 Å². The molecule has 14 heavy (non-hydrogen) atoms. The summed E-state index contributed by atoms with van der Waals surface area (Å²) < 4.78 is 0. The minimum absolute atomic E-state index is 0.346. The van der Waals surface area contributed by atoms with Crippen LogP contribution in [0.4, 0.5) is 0 Å². The molecular formula is C13H22O. The van der Waals surface area contributed by atoms with E-state index in [9.17, 15) is 4.79 Å². The van der Waals surface area contributed by atoms with Gasteiger partial charge in [-0.2, -0.15) is 0 Å². The predicted octanol–water partition coefficient (Wildman–Crippen LogP) is 3.74. The summed E-state index contributed by atoms with van der Waals surface area (Å²) in [5.74, 6) is 1.66. The molecule has 1 rings (SSSR count). The number of carbonyl (C=O) groups excluding carboxylic acids is 1. The van der Waals surface area contributed by atoms with E-state index in [1.54, 1.807) is 0 Å². The molecule has 1 heteroatoms. The largest absolute Gasteiger partial charge is 0.299 e. The molecule has 0 aromatic rings. The SMILES string of the molecule is C=CCCC1CC(CCC)CCC1=O. The van der Waals surface area contributed by atoms with Gasteiger partial charge in [0.15, 0.2) is 0 Å². The Morgan fingerprint density at radius 1 is 1.50 bits per heavy atom. The van der Waals surface area contributed by atoms with E-state index in [1.165, 1.54) is 12.8 Å². The fourth-order valence-electron chi connectivity index (χ4n) is 2.47. The van der Waals surface area contributed by atoms with Gasteiger partial charge in [-0.05, 0) is 31.6 Å². The molecule has 0 amide bonds. The summed E-state index contributed by atoms with van der Waals surface area (Å²) in [5, 5.41) is 0. The zero-order valence-electron chi connectivity index (χ0n) is 9.30. The lowest BCUT2D eigenvalue weighted by Crippen LogP contribution is -2.24. The predicted molar refractivity (Wildman–Crippen MR) is 60.2 cm³/mol. The van der Waals surface area contributed by atoms with Crippen LogP contribution in [0.25, 0.3) is 0 Å². The van der Waals surface area contributed by atoms with Gasteiger partial charge < -0.3 is 0 Å². The van der Waals surface area contributed by atoms with Gasteiger partial charge >= 0.3 is 0 Å². The fraction of sp³-hybridized carbons (Fsp3) is 0.769. The molecule has 0 aliphatic heterocycles. The van der Waals surface area contributed by atoms with Crippen LogP contribution in [0, 0.1) is 11.8 Å². The van der Waals surface area contributed by atoms with Crippen molar-refractivity contribution in [2.75, 3.05) is 0 Å².